The topological polar surface area (TPSA) is 55.2 Å². The monoisotopic (exact) mass is 441 g/mol. The molecule has 0 atom stereocenters. The molecule has 2 heterocycles. The molecule has 9 heteroatoms. The minimum Gasteiger partial charge on any atom is -0.337 e. The fourth-order valence-electron chi connectivity index (χ4n) is 3.60. The number of rotatable bonds is 6. The van der Waals surface area contributed by atoms with Crippen LogP contribution in [-0.2, 0) is 11.0 Å². The standard InChI is InChI=1S/C21H23ClF3N3O2/c1-2-3-8-18(29)14-9-11-27(12-10-14)20(30)17-13-19(21(23,24)25)26-28(17)16-7-5-4-6-15(16)22/h4-7,13-14H,2-3,8-12H2,1H3. The van der Waals surface area contributed by atoms with Crippen LogP contribution in [0.4, 0.5) is 13.2 Å². The number of para-hydroxylation sites is 1. The number of carbonyl (C=O) groups is 2. The molecule has 1 saturated heterocycles. The number of benzene rings is 1. The zero-order valence-corrected chi connectivity index (χ0v) is 17.3. The second kappa shape index (κ2) is 9.20. The number of Topliss-reactive ketones (excluding diaryl/α,β-unsaturated/α-hetero) is 1. The van der Waals surface area contributed by atoms with Crippen molar-refractivity contribution in [1.29, 1.82) is 0 Å². The number of hydrogen-bond donors (Lipinski definition) is 0. The number of carbonyl (C=O) groups excluding carboxylic acids is 2. The first-order valence-electron chi connectivity index (χ1n) is 9.96. The van der Waals surface area contributed by atoms with Gasteiger partial charge in [-0.05, 0) is 31.4 Å². The number of amides is 1. The number of unbranched alkanes of at least 4 members (excludes halogenated alkanes) is 1. The highest BCUT2D eigenvalue weighted by Gasteiger charge is 2.37. The molecule has 1 fully saturated rings. The zero-order chi connectivity index (χ0) is 21.9. The van der Waals surface area contributed by atoms with Crippen LogP contribution in [-0.4, -0.2) is 39.5 Å². The van der Waals surface area contributed by atoms with E-state index in [4.69, 9.17) is 11.6 Å². The molecule has 2 aromatic rings. The van der Waals surface area contributed by atoms with Crippen molar-refractivity contribution in [3.8, 4) is 5.69 Å². The summed E-state index contributed by atoms with van der Waals surface area (Å²) < 4.78 is 40.8. The Kier molecular flexibility index (Phi) is 6.85. The van der Waals surface area contributed by atoms with Gasteiger partial charge in [-0.3, -0.25) is 9.59 Å². The number of aromatic nitrogens is 2. The third-order valence-corrected chi connectivity index (χ3v) is 5.63. The van der Waals surface area contributed by atoms with E-state index in [2.05, 4.69) is 5.10 Å². The first-order valence-corrected chi connectivity index (χ1v) is 10.3. The SMILES string of the molecule is CCCCC(=O)C1CCN(C(=O)c2cc(C(F)(F)F)nn2-c2ccccc2Cl)CC1. The van der Waals surface area contributed by atoms with E-state index in [0.29, 0.717) is 32.4 Å². The van der Waals surface area contributed by atoms with Crippen LogP contribution < -0.4 is 0 Å². The van der Waals surface area contributed by atoms with Crippen molar-refractivity contribution in [3.05, 3.63) is 46.7 Å². The maximum Gasteiger partial charge on any atom is 0.435 e. The Hall–Kier alpha value is -2.35. The summed E-state index contributed by atoms with van der Waals surface area (Å²) in [6.45, 7) is 2.65. The average Bonchev–Trinajstić information content (AvgIpc) is 3.17. The molecule has 1 aromatic carbocycles. The van der Waals surface area contributed by atoms with Crippen molar-refractivity contribution in [3.63, 3.8) is 0 Å². The molecule has 5 nitrogen and oxygen atoms in total. The molecule has 162 valence electrons. The van der Waals surface area contributed by atoms with Crippen LogP contribution in [0.1, 0.15) is 55.2 Å². The second-order valence-electron chi connectivity index (χ2n) is 7.41. The predicted octanol–water partition coefficient (Wildman–Crippen LogP) is 5.16. The van der Waals surface area contributed by atoms with Crippen LogP contribution in [0.15, 0.2) is 30.3 Å². The molecule has 0 saturated carbocycles. The summed E-state index contributed by atoms with van der Waals surface area (Å²) in [5.41, 5.74) is -1.16. The highest BCUT2D eigenvalue weighted by Crippen LogP contribution is 2.32. The van der Waals surface area contributed by atoms with Crippen LogP contribution in [0.5, 0.6) is 0 Å². The van der Waals surface area contributed by atoms with Crippen LogP contribution in [0.25, 0.3) is 5.69 Å². The number of alkyl halides is 3. The number of halogens is 4. The lowest BCUT2D eigenvalue weighted by atomic mass is 9.90. The molecule has 0 bridgehead atoms. The molecule has 0 N–H and O–H groups in total. The lowest BCUT2D eigenvalue weighted by Crippen LogP contribution is -2.41. The predicted molar refractivity (Wildman–Crippen MR) is 107 cm³/mol. The van der Waals surface area contributed by atoms with Crippen LogP contribution >= 0.6 is 11.6 Å². The van der Waals surface area contributed by atoms with E-state index in [1.54, 1.807) is 12.1 Å². The van der Waals surface area contributed by atoms with E-state index in [1.807, 2.05) is 6.92 Å². The Morgan fingerprint density at radius 1 is 1.20 bits per heavy atom. The molecule has 1 amide bonds. The Bertz CT molecular complexity index is 918. The van der Waals surface area contributed by atoms with Gasteiger partial charge in [-0.1, -0.05) is 37.1 Å². The number of nitrogens with zero attached hydrogens (tertiary/aromatic N) is 3. The summed E-state index contributed by atoms with van der Waals surface area (Å²) in [4.78, 5) is 26.8. The largest absolute Gasteiger partial charge is 0.435 e. The van der Waals surface area contributed by atoms with Gasteiger partial charge in [-0.25, -0.2) is 4.68 Å². The van der Waals surface area contributed by atoms with Gasteiger partial charge >= 0.3 is 6.18 Å². The summed E-state index contributed by atoms with van der Waals surface area (Å²) in [7, 11) is 0. The van der Waals surface area contributed by atoms with Gasteiger partial charge in [0.05, 0.1) is 10.7 Å². The highest BCUT2D eigenvalue weighted by atomic mass is 35.5. The number of ketones is 1. The molecule has 0 radical (unpaired) electrons. The van der Waals surface area contributed by atoms with Crippen LogP contribution in [0.3, 0.4) is 0 Å². The van der Waals surface area contributed by atoms with Gasteiger partial charge in [0.2, 0.25) is 0 Å². The summed E-state index contributed by atoms with van der Waals surface area (Å²) >= 11 is 6.14. The molecule has 3 rings (SSSR count). The molecule has 1 aliphatic rings. The zero-order valence-electron chi connectivity index (χ0n) is 16.6. The second-order valence-corrected chi connectivity index (χ2v) is 7.82. The van der Waals surface area contributed by atoms with Gasteiger partial charge < -0.3 is 4.90 Å². The van der Waals surface area contributed by atoms with Gasteiger partial charge in [-0.2, -0.15) is 18.3 Å². The van der Waals surface area contributed by atoms with E-state index in [1.165, 1.54) is 17.0 Å². The minimum atomic E-state index is -4.69. The third kappa shape index (κ3) is 4.86. The van der Waals surface area contributed by atoms with Crippen molar-refractivity contribution < 1.29 is 22.8 Å². The fourth-order valence-corrected chi connectivity index (χ4v) is 3.82. The minimum absolute atomic E-state index is 0.0974. The number of hydrogen-bond acceptors (Lipinski definition) is 3. The fraction of sp³-hybridized carbons (Fsp3) is 0.476. The Morgan fingerprint density at radius 2 is 1.87 bits per heavy atom. The Balaban J connectivity index is 1.83. The van der Waals surface area contributed by atoms with Gasteiger partial charge in [-0.15, -0.1) is 0 Å². The lowest BCUT2D eigenvalue weighted by Gasteiger charge is -2.31. The van der Waals surface area contributed by atoms with Gasteiger partial charge in [0.1, 0.15) is 11.5 Å². The summed E-state index contributed by atoms with van der Waals surface area (Å²) in [6, 6.07) is 7.03. The van der Waals surface area contributed by atoms with E-state index in [0.717, 1.165) is 23.6 Å². The van der Waals surface area contributed by atoms with Gasteiger partial charge in [0.15, 0.2) is 5.69 Å². The van der Waals surface area contributed by atoms with Crippen LogP contribution in [0.2, 0.25) is 5.02 Å². The molecular formula is C21H23ClF3N3O2. The first-order chi connectivity index (χ1) is 14.2. The highest BCUT2D eigenvalue weighted by molar-refractivity contribution is 6.32. The van der Waals surface area contributed by atoms with Crippen molar-refractivity contribution in [2.24, 2.45) is 5.92 Å². The number of piperidine rings is 1. The molecular weight excluding hydrogens is 419 g/mol. The molecule has 0 spiro atoms. The van der Waals surface area contributed by atoms with Crippen molar-refractivity contribution in [1.82, 2.24) is 14.7 Å². The first kappa shape index (κ1) is 22.3. The molecule has 30 heavy (non-hydrogen) atoms. The third-order valence-electron chi connectivity index (χ3n) is 5.31. The normalized spacial score (nSPS) is 15.4. The van der Waals surface area contributed by atoms with Crippen molar-refractivity contribution in [2.75, 3.05) is 13.1 Å². The Morgan fingerprint density at radius 3 is 2.47 bits per heavy atom. The van der Waals surface area contributed by atoms with E-state index in [9.17, 15) is 22.8 Å². The summed E-state index contributed by atoms with van der Waals surface area (Å²) in [5.74, 6) is -0.457. The van der Waals surface area contributed by atoms with E-state index >= 15 is 0 Å². The van der Waals surface area contributed by atoms with E-state index < -0.39 is 17.8 Å². The summed E-state index contributed by atoms with van der Waals surface area (Å²) in [6.07, 6.45) is -1.35. The maximum absolute atomic E-state index is 13.3. The van der Waals surface area contributed by atoms with Gasteiger partial charge in [0, 0.05) is 31.5 Å². The maximum atomic E-state index is 13.3. The molecule has 1 aliphatic heterocycles. The Labute approximate surface area is 177 Å². The quantitative estimate of drug-likeness (QED) is 0.622. The summed E-state index contributed by atoms with van der Waals surface area (Å²) in [5, 5.41) is 3.79. The lowest BCUT2D eigenvalue weighted by molar-refractivity contribution is -0.141. The molecule has 0 unspecified atom stereocenters. The van der Waals surface area contributed by atoms with Crippen molar-refractivity contribution >= 4 is 23.3 Å². The average molecular weight is 442 g/mol. The smallest absolute Gasteiger partial charge is 0.337 e. The molecule has 1 aromatic heterocycles. The molecule has 0 aliphatic carbocycles. The van der Waals surface area contributed by atoms with E-state index in [-0.39, 0.29) is 28.1 Å². The number of likely N-dealkylation sites (tertiary alicyclic amines) is 1. The van der Waals surface area contributed by atoms with Gasteiger partial charge in [0.25, 0.3) is 5.91 Å². The van der Waals surface area contributed by atoms with Crippen molar-refractivity contribution in [2.45, 2.75) is 45.2 Å². The van der Waals surface area contributed by atoms with Crippen LogP contribution in [0, 0.1) is 5.92 Å².